The lowest BCUT2D eigenvalue weighted by atomic mass is 9.98. The number of rotatable bonds is 4. The van der Waals surface area contributed by atoms with E-state index in [1.165, 1.54) is 36.1 Å². The van der Waals surface area contributed by atoms with Crippen molar-refractivity contribution in [3.8, 4) is 0 Å². The third-order valence-corrected chi connectivity index (χ3v) is 6.22. The number of aryl methyl sites for hydroxylation is 2. The van der Waals surface area contributed by atoms with Crippen molar-refractivity contribution in [2.75, 3.05) is 7.05 Å². The summed E-state index contributed by atoms with van der Waals surface area (Å²) in [5.41, 5.74) is 2.78. The predicted octanol–water partition coefficient (Wildman–Crippen LogP) is 5.44. The van der Waals surface area contributed by atoms with E-state index < -0.39 is 0 Å². The van der Waals surface area contributed by atoms with Gasteiger partial charge in [-0.25, -0.2) is 0 Å². The van der Waals surface area contributed by atoms with Gasteiger partial charge in [-0.15, -0.1) is 11.3 Å². The van der Waals surface area contributed by atoms with Crippen LogP contribution in [-0.2, 0) is 19.3 Å². The van der Waals surface area contributed by atoms with Crippen LogP contribution in [0.2, 0.25) is 10.0 Å². The van der Waals surface area contributed by atoms with Crippen LogP contribution in [0.4, 0.5) is 0 Å². The monoisotopic (exact) mass is 339 g/mol. The predicted molar refractivity (Wildman–Crippen MR) is 92.9 cm³/mol. The molecule has 0 spiro atoms. The Morgan fingerprint density at radius 2 is 1.95 bits per heavy atom. The Balaban J connectivity index is 1.81. The SMILES string of the molecule is CNC(Cc1ccc(Cl)c(Cl)c1)c1cc2c(s1)CCCC2. The zero-order chi connectivity index (χ0) is 14.8. The molecule has 112 valence electrons. The van der Waals surface area contributed by atoms with Crippen molar-refractivity contribution in [1.82, 2.24) is 5.32 Å². The van der Waals surface area contributed by atoms with E-state index in [9.17, 15) is 0 Å². The first-order valence-electron chi connectivity index (χ1n) is 7.40. The van der Waals surface area contributed by atoms with Crippen LogP contribution in [-0.4, -0.2) is 7.05 Å². The average molecular weight is 340 g/mol. The van der Waals surface area contributed by atoms with E-state index in [2.05, 4.69) is 17.4 Å². The highest BCUT2D eigenvalue weighted by molar-refractivity contribution is 7.12. The van der Waals surface area contributed by atoms with Crippen molar-refractivity contribution in [3.05, 3.63) is 55.2 Å². The van der Waals surface area contributed by atoms with Crippen LogP contribution in [0.5, 0.6) is 0 Å². The number of hydrogen-bond donors (Lipinski definition) is 1. The molecule has 4 heteroatoms. The molecule has 1 N–H and O–H groups in total. The second kappa shape index (κ2) is 6.70. The third-order valence-electron chi connectivity index (χ3n) is 4.13. The molecule has 3 rings (SSSR count). The third kappa shape index (κ3) is 3.45. The molecule has 0 fully saturated rings. The van der Waals surface area contributed by atoms with Crippen molar-refractivity contribution in [3.63, 3.8) is 0 Å². The van der Waals surface area contributed by atoms with Crippen LogP contribution in [0, 0.1) is 0 Å². The number of fused-ring (bicyclic) bond motifs is 1. The van der Waals surface area contributed by atoms with Crippen molar-refractivity contribution in [2.45, 2.75) is 38.1 Å². The fourth-order valence-corrected chi connectivity index (χ4v) is 4.62. The molecule has 0 radical (unpaired) electrons. The second-order valence-electron chi connectivity index (χ2n) is 5.60. The lowest BCUT2D eigenvalue weighted by molar-refractivity contribution is 0.601. The summed E-state index contributed by atoms with van der Waals surface area (Å²) < 4.78 is 0. The molecule has 1 aromatic heterocycles. The second-order valence-corrected chi connectivity index (χ2v) is 7.58. The van der Waals surface area contributed by atoms with E-state index in [1.54, 1.807) is 10.4 Å². The van der Waals surface area contributed by atoms with Gasteiger partial charge in [0.25, 0.3) is 0 Å². The molecule has 21 heavy (non-hydrogen) atoms. The molecule has 0 saturated heterocycles. The van der Waals surface area contributed by atoms with Crippen LogP contribution in [0.15, 0.2) is 24.3 Å². The van der Waals surface area contributed by atoms with E-state index in [0.717, 1.165) is 6.42 Å². The van der Waals surface area contributed by atoms with Crippen molar-refractivity contribution in [2.24, 2.45) is 0 Å². The smallest absolute Gasteiger partial charge is 0.0595 e. The van der Waals surface area contributed by atoms with Gasteiger partial charge < -0.3 is 5.32 Å². The lowest BCUT2D eigenvalue weighted by Gasteiger charge is -2.15. The molecular formula is C17H19Cl2NS. The van der Waals surface area contributed by atoms with Gasteiger partial charge in [-0.3, -0.25) is 0 Å². The molecular weight excluding hydrogens is 321 g/mol. The van der Waals surface area contributed by atoms with Gasteiger partial charge in [-0.1, -0.05) is 29.3 Å². The first kappa shape index (κ1) is 15.4. The maximum absolute atomic E-state index is 6.12. The van der Waals surface area contributed by atoms with Crippen LogP contribution < -0.4 is 5.32 Å². The molecule has 1 aliphatic rings. The Morgan fingerprint density at radius 1 is 1.14 bits per heavy atom. The number of hydrogen-bond acceptors (Lipinski definition) is 2. The average Bonchev–Trinajstić information content (AvgIpc) is 2.92. The molecule has 0 bridgehead atoms. The van der Waals surface area contributed by atoms with Crippen LogP contribution >= 0.6 is 34.5 Å². The van der Waals surface area contributed by atoms with Gasteiger partial charge >= 0.3 is 0 Å². The normalized spacial score (nSPS) is 15.8. The minimum atomic E-state index is 0.345. The van der Waals surface area contributed by atoms with Crippen molar-refractivity contribution in [1.29, 1.82) is 0 Å². The molecule has 0 aliphatic heterocycles. The van der Waals surface area contributed by atoms with Crippen LogP contribution in [0.1, 0.15) is 39.8 Å². The first-order chi connectivity index (χ1) is 10.2. The fourth-order valence-electron chi connectivity index (χ4n) is 2.93. The summed E-state index contributed by atoms with van der Waals surface area (Å²) in [4.78, 5) is 3.03. The van der Waals surface area contributed by atoms with E-state index >= 15 is 0 Å². The molecule has 1 aromatic carbocycles. The number of thiophene rings is 1. The summed E-state index contributed by atoms with van der Waals surface area (Å²) >= 11 is 14.1. The summed E-state index contributed by atoms with van der Waals surface area (Å²) in [6.07, 6.45) is 6.11. The van der Waals surface area contributed by atoms with Gasteiger partial charge in [0, 0.05) is 15.8 Å². The number of likely N-dealkylation sites (N-methyl/N-ethyl adjacent to an activating group) is 1. The summed E-state index contributed by atoms with van der Waals surface area (Å²) in [7, 11) is 2.03. The number of benzene rings is 1. The topological polar surface area (TPSA) is 12.0 Å². The molecule has 1 atom stereocenters. The van der Waals surface area contributed by atoms with Gasteiger partial charge in [0.05, 0.1) is 10.0 Å². The highest BCUT2D eigenvalue weighted by Gasteiger charge is 2.18. The number of nitrogens with one attached hydrogen (secondary N) is 1. The Bertz CT molecular complexity index is 612. The zero-order valence-corrected chi connectivity index (χ0v) is 14.4. The van der Waals surface area contributed by atoms with Gasteiger partial charge in [-0.2, -0.15) is 0 Å². The van der Waals surface area contributed by atoms with Crippen molar-refractivity contribution >= 4 is 34.5 Å². The highest BCUT2D eigenvalue weighted by atomic mass is 35.5. The summed E-state index contributed by atoms with van der Waals surface area (Å²) in [6.45, 7) is 0. The van der Waals surface area contributed by atoms with E-state index in [1.807, 2.05) is 30.5 Å². The highest BCUT2D eigenvalue weighted by Crippen LogP contribution is 2.34. The summed E-state index contributed by atoms with van der Waals surface area (Å²) in [5, 5.41) is 4.70. The maximum atomic E-state index is 6.12. The zero-order valence-electron chi connectivity index (χ0n) is 12.1. The van der Waals surface area contributed by atoms with Crippen LogP contribution in [0.3, 0.4) is 0 Å². The Hall–Kier alpha value is -0.540. The first-order valence-corrected chi connectivity index (χ1v) is 8.97. The molecule has 1 nitrogen and oxygen atoms in total. The molecule has 0 amide bonds. The molecule has 2 aromatic rings. The fraction of sp³-hybridized carbons (Fsp3) is 0.412. The lowest BCUT2D eigenvalue weighted by Crippen LogP contribution is -2.17. The van der Waals surface area contributed by atoms with E-state index in [-0.39, 0.29) is 0 Å². The molecule has 1 unspecified atom stereocenters. The maximum Gasteiger partial charge on any atom is 0.0595 e. The molecule has 1 heterocycles. The van der Waals surface area contributed by atoms with Gasteiger partial charge in [-0.05, 0) is 68.5 Å². The standard InChI is InChI=1S/C17H19Cl2NS/c1-20-15(9-11-6-7-13(18)14(19)8-11)17-10-12-4-2-3-5-16(12)21-17/h6-8,10,15,20H,2-5,9H2,1H3. The Morgan fingerprint density at radius 3 is 2.67 bits per heavy atom. The van der Waals surface area contributed by atoms with Gasteiger partial charge in [0.15, 0.2) is 0 Å². The number of halogens is 2. The Kier molecular flexibility index (Phi) is 4.90. The van der Waals surface area contributed by atoms with E-state index in [4.69, 9.17) is 23.2 Å². The van der Waals surface area contributed by atoms with Gasteiger partial charge in [0.1, 0.15) is 0 Å². The van der Waals surface area contributed by atoms with Crippen LogP contribution in [0.25, 0.3) is 0 Å². The molecule has 0 saturated carbocycles. The largest absolute Gasteiger partial charge is 0.312 e. The summed E-state index contributed by atoms with van der Waals surface area (Å²) in [6, 6.07) is 8.66. The minimum Gasteiger partial charge on any atom is -0.312 e. The Labute approximate surface area is 140 Å². The molecule has 1 aliphatic carbocycles. The van der Waals surface area contributed by atoms with E-state index in [0.29, 0.717) is 16.1 Å². The van der Waals surface area contributed by atoms with Crippen molar-refractivity contribution < 1.29 is 0 Å². The van der Waals surface area contributed by atoms with Gasteiger partial charge in [0.2, 0.25) is 0 Å². The quantitative estimate of drug-likeness (QED) is 0.782. The minimum absolute atomic E-state index is 0.345. The summed E-state index contributed by atoms with van der Waals surface area (Å²) in [5.74, 6) is 0.